The van der Waals surface area contributed by atoms with Gasteiger partial charge in [-0.05, 0) is 71.6 Å². The molecule has 2 unspecified atom stereocenters. The molecule has 3 amide bonds. The van der Waals surface area contributed by atoms with Crippen molar-refractivity contribution in [2.24, 2.45) is 5.92 Å². The lowest BCUT2D eigenvalue weighted by Gasteiger charge is -2.45. The van der Waals surface area contributed by atoms with Crippen LogP contribution in [0.4, 0.5) is 10.5 Å². The van der Waals surface area contributed by atoms with Crippen LogP contribution in [0.3, 0.4) is 0 Å². The molecule has 0 aromatic heterocycles. The summed E-state index contributed by atoms with van der Waals surface area (Å²) in [4.78, 5) is 42.5. The molecule has 38 heavy (non-hydrogen) atoms. The molecule has 0 saturated heterocycles. The van der Waals surface area contributed by atoms with Gasteiger partial charge in [-0.1, -0.05) is 57.2 Å². The molecule has 0 spiro atoms. The predicted molar refractivity (Wildman–Crippen MR) is 150 cm³/mol. The molecular weight excluding hydrogens is 482 g/mol. The van der Waals surface area contributed by atoms with Crippen LogP contribution in [0.25, 0.3) is 0 Å². The number of carbonyl (C=O) groups excluding carboxylic acids is 3. The molecule has 2 aromatic rings. The molecule has 0 fully saturated rings. The third kappa shape index (κ3) is 7.73. The zero-order chi connectivity index (χ0) is 28.8. The number of aryl methyl sites for hydroxylation is 1. The summed E-state index contributed by atoms with van der Waals surface area (Å²) in [6, 6.07) is 11.7. The molecule has 8 heteroatoms. The van der Waals surface area contributed by atoms with Crippen LogP contribution >= 0.6 is 0 Å². The van der Waals surface area contributed by atoms with Crippen molar-refractivity contribution in [1.82, 2.24) is 10.2 Å². The molecule has 0 radical (unpaired) electrons. The molecule has 2 aromatic carbocycles. The van der Waals surface area contributed by atoms with Crippen LogP contribution in [-0.4, -0.2) is 45.1 Å². The Balaban J connectivity index is 2.65. The van der Waals surface area contributed by atoms with E-state index in [1.165, 1.54) is 11.0 Å². The van der Waals surface area contributed by atoms with E-state index in [4.69, 9.17) is 4.74 Å². The number of nitrogens with one attached hydrogen (secondary N) is 2. The summed E-state index contributed by atoms with van der Waals surface area (Å²) < 4.78 is 5.42. The number of phenolic OH excluding ortho intramolecular Hbond substituents is 1. The smallest absolute Gasteiger partial charge is 0.408 e. The minimum atomic E-state index is -1.18. The SMILES string of the molecule is CCC(C)(C)N(C(=O)C(NC(=O)OC(C)(C)C)C(C)C)C(C(=O)Nc1ccccc1C)c1ccccc1O. The fourth-order valence-electron chi connectivity index (χ4n) is 4.07. The maximum absolute atomic E-state index is 14.3. The highest BCUT2D eigenvalue weighted by Crippen LogP contribution is 2.37. The van der Waals surface area contributed by atoms with Crippen LogP contribution in [0.2, 0.25) is 0 Å². The molecule has 2 rings (SSSR count). The molecule has 0 heterocycles. The minimum Gasteiger partial charge on any atom is -0.508 e. The van der Waals surface area contributed by atoms with Gasteiger partial charge in [0, 0.05) is 16.8 Å². The van der Waals surface area contributed by atoms with Crippen LogP contribution in [0, 0.1) is 12.8 Å². The van der Waals surface area contributed by atoms with Gasteiger partial charge in [-0.2, -0.15) is 0 Å². The maximum atomic E-state index is 14.3. The first-order valence-electron chi connectivity index (χ1n) is 13.1. The zero-order valence-corrected chi connectivity index (χ0v) is 24.1. The van der Waals surface area contributed by atoms with E-state index in [9.17, 15) is 19.5 Å². The van der Waals surface area contributed by atoms with E-state index < -0.39 is 41.1 Å². The van der Waals surface area contributed by atoms with Gasteiger partial charge in [0.2, 0.25) is 5.91 Å². The van der Waals surface area contributed by atoms with Crippen LogP contribution in [0.5, 0.6) is 5.75 Å². The fourth-order valence-corrected chi connectivity index (χ4v) is 4.07. The molecular formula is C30H43N3O5. The summed E-state index contributed by atoms with van der Waals surface area (Å²) in [5.41, 5.74) is 0.176. The Morgan fingerprint density at radius 1 is 0.974 bits per heavy atom. The molecule has 0 aliphatic heterocycles. The molecule has 3 N–H and O–H groups in total. The van der Waals surface area contributed by atoms with Crippen LogP contribution < -0.4 is 10.6 Å². The number of ether oxygens (including phenoxy) is 1. The topological polar surface area (TPSA) is 108 Å². The Bertz CT molecular complexity index is 1140. The summed E-state index contributed by atoms with van der Waals surface area (Å²) in [6.07, 6.45) is -0.208. The lowest BCUT2D eigenvalue weighted by Crippen LogP contribution is -2.60. The van der Waals surface area contributed by atoms with Crippen molar-refractivity contribution in [2.45, 2.75) is 92.0 Å². The largest absolute Gasteiger partial charge is 0.508 e. The Kier molecular flexibility index (Phi) is 9.95. The van der Waals surface area contributed by atoms with Gasteiger partial charge in [0.15, 0.2) is 0 Å². The summed E-state index contributed by atoms with van der Waals surface area (Å²) >= 11 is 0. The Morgan fingerprint density at radius 2 is 1.55 bits per heavy atom. The minimum absolute atomic E-state index is 0.108. The van der Waals surface area contributed by atoms with Gasteiger partial charge in [-0.15, -0.1) is 0 Å². The monoisotopic (exact) mass is 525 g/mol. The van der Waals surface area contributed by atoms with Crippen molar-refractivity contribution in [2.75, 3.05) is 5.32 Å². The second kappa shape index (κ2) is 12.3. The normalized spacial score (nSPS) is 13.4. The first-order chi connectivity index (χ1) is 17.6. The van der Waals surface area contributed by atoms with Crippen molar-refractivity contribution in [3.8, 4) is 5.75 Å². The van der Waals surface area contributed by atoms with E-state index in [-0.39, 0.29) is 17.2 Å². The fraction of sp³-hybridized carbons (Fsp3) is 0.500. The Labute approximate surface area is 226 Å². The lowest BCUT2D eigenvalue weighted by molar-refractivity contribution is -0.148. The van der Waals surface area contributed by atoms with E-state index in [0.29, 0.717) is 12.1 Å². The highest BCUT2D eigenvalue weighted by atomic mass is 16.6. The van der Waals surface area contributed by atoms with E-state index in [1.54, 1.807) is 45.0 Å². The third-order valence-electron chi connectivity index (χ3n) is 6.50. The number of alkyl carbamates (subject to hydrolysis) is 1. The van der Waals surface area contributed by atoms with E-state index in [2.05, 4.69) is 10.6 Å². The van der Waals surface area contributed by atoms with Crippen LogP contribution in [0.1, 0.15) is 79.0 Å². The number of anilines is 1. The van der Waals surface area contributed by atoms with E-state index in [0.717, 1.165) is 5.56 Å². The van der Waals surface area contributed by atoms with Crippen molar-refractivity contribution in [1.29, 1.82) is 0 Å². The highest BCUT2D eigenvalue weighted by Gasteiger charge is 2.44. The van der Waals surface area contributed by atoms with Crippen molar-refractivity contribution >= 4 is 23.6 Å². The van der Waals surface area contributed by atoms with Gasteiger partial charge in [0.1, 0.15) is 23.4 Å². The van der Waals surface area contributed by atoms with Crippen LogP contribution in [0.15, 0.2) is 48.5 Å². The standard InChI is InChI=1S/C30H43N3O5/c1-10-30(8,9)33(27(36)24(19(2)3)32-28(37)38-29(5,6)7)25(21-16-12-14-18-23(21)34)26(35)31-22-17-13-11-15-20(22)4/h11-19,24-25,34H,10H2,1-9H3,(H,31,35)(H,32,37). The van der Waals surface area contributed by atoms with Gasteiger partial charge < -0.3 is 25.4 Å². The van der Waals surface area contributed by atoms with Crippen molar-refractivity contribution in [3.63, 3.8) is 0 Å². The van der Waals surface area contributed by atoms with E-state index >= 15 is 0 Å². The molecule has 0 aliphatic carbocycles. The quantitative estimate of drug-likeness (QED) is 0.375. The van der Waals surface area contributed by atoms with Gasteiger partial charge in [-0.3, -0.25) is 9.59 Å². The highest BCUT2D eigenvalue weighted by molar-refractivity contribution is 6.00. The predicted octanol–water partition coefficient (Wildman–Crippen LogP) is 5.95. The van der Waals surface area contributed by atoms with Gasteiger partial charge >= 0.3 is 6.09 Å². The maximum Gasteiger partial charge on any atom is 0.408 e. The number of rotatable bonds is 9. The number of para-hydroxylation sites is 2. The zero-order valence-electron chi connectivity index (χ0n) is 24.1. The number of nitrogens with zero attached hydrogens (tertiary/aromatic N) is 1. The molecule has 2 atom stereocenters. The Morgan fingerprint density at radius 3 is 2.08 bits per heavy atom. The summed E-state index contributed by atoms with van der Waals surface area (Å²) in [7, 11) is 0. The van der Waals surface area contributed by atoms with Gasteiger partial charge in [-0.25, -0.2) is 4.79 Å². The first kappa shape index (κ1) is 30.7. The molecule has 0 aliphatic rings. The van der Waals surface area contributed by atoms with E-state index in [1.807, 2.05) is 59.7 Å². The molecule has 0 bridgehead atoms. The second-order valence-corrected chi connectivity index (χ2v) is 11.5. The number of phenols is 1. The van der Waals surface area contributed by atoms with Gasteiger partial charge in [0.25, 0.3) is 5.91 Å². The van der Waals surface area contributed by atoms with Gasteiger partial charge in [0.05, 0.1) is 0 Å². The lowest BCUT2D eigenvalue weighted by atomic mass is 9.90. The molecule has 208 valence electrons. The summed E-state index contributed by atoms with van der Waals surface area (Å²) in [6.45, 7) is 16.4. The molecule has 0 saturated carbocycles. The number of aromatic hydroxyl groups is 1. The average molecular weight is 526 g/mol. The number of hydrogen-bond acceptors (Lipinski definition) is 5. The number of hydrogen-bond donors (Lipinski definition) is 3. The summed E-state index contributed by atoms with van der Waals surface area (Å²) in [5.74, 6) is -1.35. The number of carbonyl (C=O) groups is 3. The molecule has 8 nitrogen and oxygen atoms in total. The number of amides is 3. The van der Waals surface area contributed by atoms with Crippen molar-refractivity contribution < 1.29 is 24.2 Å². The summed E-state index contributed by atoms with van der Waals surface area (Å²) in [5, 5.41) is 16.5. The second-order valence-electron chi connectivity index (χ2n) is 11.5. The average Bonchev–Trinajstić information content (AvgIpc) is 2.81. The third-order valence-corrected chi connectivity index (χ3v) is 6.50. The Hall–Kier alpha value is -3.55. The van der Waals surface area contributed by atoms with Crippen LogP contribution in [-0.2, 0) is 14.3 Å². The first-order valence-corrected chi connectivity index (χ1v) is 13.1. The van der Waals surface area contributed by atoms with Crippen molar-refractivity contribution in [3.05, 3.63) is 59.7 Å². The number of benzene rings is 2.